The summed E-state index contributed by atoms with van der Waals surface area (Å²) in [5.41, 5.74) is 1.85. The van der Waals surface area contributed by atoms with E-state index in [2.05, 4.69) is 10.6 Å². The van der Waals surface area contributed by atoms with Gasteiger partial charge in [0.25, 0.3) is 11.5 Å². The zero-order valence-electron chi connectivity index (χ0n) is 16.2. The molecule has 1 aromatic carbocycles. The smallest absolute Gasteiger partial charge is 0.263 e. The summed E-state index contributed by atoms with van der Waals surface area (Å²) in [6.45, 7) is 2.77. The quantitative estimate of drug-likeness (QED) is 0.818. The minimum Gasteiger partial charge on any atom is -0.497 e. The Morgan fingerprint density at radius 3 is 2.64 bits per heavy atom. The van der Waals surface area contributed by atoms with Crippen molar-refractivity contribution in [3.63, 3.8) is 0 Å². The van der Waals surface area contributed by atoms with Gasteiger partial charge in [-0.25, -0.2) is 0 Å². The number of nitrogens with one attached hydrogen (secondary N) is 2. The summed E-state index contributed by atoms with van der Waals surface area (Å²) < 4.78 is 12.3. The van der Waals surface area contributed by atoms with Gasteiger partial charge in [0.2, 0.25) is 0 Å². The molecule has 2 aliphatic heterocycles. The van der Waals surface area contributed by atoms with Crippen LogP contribution in [0.25, 0.3) is 0 Å². The van der Waals surface area contributed by atoms with E-state index in [-0.39, 0.29) is 23.6 Å². The van der Waals surface area contributed by atoms with E-state index in [0.717, 1.165) is 30.8 Å². The number of nitrogens with zero attached hydrogens (tertiary/aromatic N) is 1. The molecule has 0 saturated carbocycles. The van der Waals surface area contributed by atoms with Crippen molar-refractivity contribution in [1.82, 2.24) is 15.2 Å². The summed E-state index contributed by atoms with van der Waals surface area (Å²) in [6, 6.07) is 9.02. The lowest BCUT2D eigenvalue weighted by atomic mass is 9.84. The van der Waals surface area contributed by atoms with Crippen LogP contribution in [-0.4, -0.2) is 37.8 Å². The zero-order valence-corrected chi connectivity index (χ0v) is 16.2. The molecule has 1 saturated heterocycles. The van der Waals surface area contributed by atoms with E-state index in [1.54, 1.807) is 30.9 Å². The second-order valence-corrected chi connectivity index (χ2v) is 7.45. The normalized spacial score (nSPS) is 20.2. The third kappa shape index (κ3) is 3.49. The summed E-state index contributed by atoms with van der Waals surface area (Å²) in [7, 11) is 3.16. The number of carbonyl (C=O) groups is 1. The molecule has 7 heteroatoms. The number of methoxy groups -OCH3 is 2. The van der Waals surface area contributed by atoms with Gasteiger partial charge in [-0.15, -0.1) is 0 Å². The van der Waals surface area contributed by atoms with Crippen molar-refractivity contribution in [2.75, 3.05) is 27.3 Å². The molecule has 7 nitrogen and oxygen atoms in total. The van der Waals surface area contributed by atoms with Crippen LogP contribution in [0.15, 0.2) is 35.1 Å². The van der Waals surface area contributed by atoms with Crippen molar-refractivity contribution in [1.29, 1.82) is 0 Å². The minimum atomic E-state index is -0.365. The number of benzene rings is 1. The van der Waals surface area contributed by atoms with Gasteiger partial charge in [0, 0.05) is 37.3 Å². The first-order valence-corrected chi connectivity index (χ1v) is 9.53. The van der Waals surface area contributed by atoms with Crippen LogP contribution in [0.4, 0.5) is 0 Å². The monoisotopic (exact) mass is 383 g/mol. The van der Waals surface area contributed by atoms with Crippen molar-refractivity contribution in [3.05, 3.63) is 57.5 Å². The molecule has 2 atom stereocenters. The van der Waals surface area contributed by atoms with Crippen LogP contribution in [0.2, 0.25) is 0 Å². The summed E-state index contributed by atoms with van der Waals surface area (Å²) in [4.78, 5) is 25.6. The number of carbonyl (C=O) groups excluding carboxylic acids is 1. The van der Waals surface area contributed by atoms with Crippen LogP contribution in [-0.2, 0) is 13.1 Å². The van der Waals surface area contributed by atoms with Gasteiger partial charge in [-0.2, -0.15) is 0 Å². The predicted molar refractivity (Wildman–Crippen MR) is 105 cm³/mol. The van der Waals surface area contributed by atoms with Crippen molar-refractivity contribution >= 4 is 5.91 Å². The molecule has 1 amide bonds. The first kappa shape index (κ1) is 18.6. The van der Waals surface area contributed by atoms with Gasteiger partial charge in [0.1, 0.15) is 17.1 Å². The number of ether oxygens (including phenoxy) is 2. The summed E-state index contributed by atoms with van der Waals surface area (Å²) >= 11 is 0. The van der Waals surface area contributed by atoms with E-state index in [1.807, 2.05) is 18.2 Å². The van der Waals surface area contributed by atoms with Crippen molar-refractivity contribution in [3.8, 4) is 11.5 Å². The van der Waals surface area contributed by atoms with Gasteiger partial charge in [0.05, 0.1) is 14.2 Å². The third-order valence-corrected chi connectivity index (χ3v) is 5.62. The lowest BCUT2D eigenvalue weighted by molar-refractivity contribution is 0.0948. The van der Waals surface area contributed by atoms with E-state index in [4.69, 9.17) is 9.47 Å². The number of fused-ring (bicyclic) bond motifs is 4. The molecule has 0 radical (unpaired) electrons. The van der Waals surface area contributed by atoms with Crippen LogP contribution in [0.5, 0.6) is 11.5 Å². The molecule has 28 heavy (non-hydrogen) atoms. The van der Waals surface area contributed by atoms with Gasteiger partial charge < -0.3 is 24.7 Å². The molecule has 148 valence electrons. The van der Waals surface area contributed by atoms with Crippen molar-refractivity contribution in [2.24, 2.45) is 5.92 Å². The summed E-state index contributed by atoms with van der Waals surface area (Å²) in [5, 5.41) is 6.27. The largest absolute Gasteiger partial charge is 0.497 e. The van der Waals surface area contributed by atoms with Crippen molar-refractivity contribution in [2.45, 2.75) is 25.4 Å². The highest BCUT2D eigenvalue weighted by molar-refractivity contribution is 5.93. The maximum Gasteiger partial charge on any atom is 0.263 e. The zero-order chi connectivity index (χ0) is 19.7. The second kappa shape index (κ2) is 7.67. The first-order chi connectivity index (χ1) is 13.6. The second-order valence-electron chi connectivity index (χ2n) is 7.45. The Morgan fingerprint density at radius 2 is 1.93 bits per heavy atom. The fraction of sp³-hybridized carbons (Fsp3) is 0.429. The van der Waals surface area contributed by atoms with Crippen LogP contribution in [0.3, 0.4) is 0 Å². The molecular formula is C21H25N3O4. The van der Waals surface area contributed by atoms with Crippen molar-refractivity contribution < 1.29 is 14.3 Å². The standard InChI is InChI=1S/C21H25N3O4/c1-27-16-6-13(7-17(8-16)28-2)10-23-20(25)18-3-4-19-15-5-14(9-22-11-15)12-24(19)21(18)26/h3-4,6-8,14-15,22H,5,9-12H2,1-2H3,(H,23,25)/t14-,15+/m0/s1. The van der Waals surface area contributed by atoms with Crippen LogP contribution in [0.1, 0.15) is 34.0 Å². The van der Waals surface area contributed by atoms with Gasteiger partial charge in [-0.1, -0.05) is 0 Å². The molecule has 2 aromatic rings. The van der Waals surface area contributed by atoms with Crippen LogP contribution >= 0.6 is 0 Å². The molecule has 0 spiro atoms. The lowest BCUT2D eigenvalue weighted by Gasteiger charge is -2.37. The Labute approximate surface area is 163 Å². The third-order valence-electron chi connectivity index (χ3n) is 5.62. The highest BCUT2D eigenvalue weighted by Crippen LogP contribution is 2.31. The van der Waals surface area contributed by atoms with E-state index in [0.29, 0.717) is 29.9 Å². The summed E-state index contributed by atoms with van der Waals surface area (Å²) in [5.74, 6) is 1.74. The molecule has 3 heterocycles. The topological polar surface area (TPSA) is 81.6 Å². The molecule has 0 aliphatic carbocycles. The maximum absolute atomic E-state index is 12.9. The Bertz CT molecular complexity index is 931. The van der Waals surface area contributed by atoms with E-state index in [1.165, 1.54) is 0 Å². The number of rotatable bonds is 5. The minimum absolute atomic E-state index is 0.187. The Hall–Kier alpha value is -2.80. The number of piperidine rings is 1. The van der Waals surface area contributed by atoms with E-state index in [9.17, 15) is 9.59 Å². The Morgan fingerprint density at radius 1 is 1.18 bits per heavy atom. The SMILES string of the molecule is COc1cc(CNC(=O)c2ccc3n(c2=O)C[C@@H]2CNC[C@H]3C2)cc(OC)c1. The average molecular weight is 383 g/mol. The van der Waals surface area contributed by atoms with Gasteiger partial charge in [-0.05, 0) is 48.7 Å². The van der Waals surface area contributed by atoms with Gasteiger partial charge in [-0.3, -0.25) is 9.59 Å². The number of hydrogen-bond donors (Lipinski definition) is 2. The molecule has 2 bridgehead atoms. The highest BCUT2D eigenvalue weighted by atomic mass is 16.5. The molecule has 2 aliphatic rings. The summed E-state index contributed by atoms with van der Waals surface area (Å²) in [6.07, 6.45) is 1.11. The van der Waals surface area contributed by atoms with Crippen LogP contribution in [0, 0.1) is 5.92 Å². The average Bonchev–Trinajstić information content (AvgIpc) is 2.72. The number of hydrogen-bond acceptors (Lipinski definition) is 5. The Kier molecular flexibility index (Phi) is 5.09. The molecule has 1 fully saturated rings. The number of aromatic nitrogens is 1. The first-order valence-electron chi connectivity index (χ1n) is 9.53. The molecule has 2 N–H and O–H groups in total. The highest BCUT2D eigenvalue weighted by Gasteiger charge is 2.31. The Balaban J connectivity index is 1.53. The van der Waals surface area contributed by atoms with Crippen LogP contribution < -0.4 is 25.7 Å². The fourth-order valence-electron chi connectivity index (χ4n) is 4.21. The number of amides is 1. The predicted octanol–water partition coefficient (Wildman–Crippen LogP) is 1.50. The fourth-order valence-corrected chi connectivity index (χ4v) is 4.21. The van der Waals surface area contributed by atoms with Gasteiger partial charge >= 0.3 is 0 Å². The molecule has 0 unspecified atom stereocenters. The van der Waals surface area contributed by atoms with Gasteiger partial charge in [0.15, 0.2) is 0 Å². The number of pyridine rings is 1. The molecule has 4 rings (SSSR count). The maximum atomic E-state index is 12.9. The molecular weight excluding hydrogens is 358 g/mol. The molecule has 1 aromatic heterocycles. The van der Waals surface area contributed by atoms with E-state index >= 15 is 0 Å². The lowest BCUT2D eigenvalue weighted by Crippen LogP contribution is -2.46. The van der Waals surface area contributed by atoms with E-state index < -0.39 is 0 Å².